The SMILES string of the molecule is CCOC(=O)c1c(C(C)(C)O)nc(CO)n1Cc1ccc(-c2ccccc2C2(C(c3ccccc3)(c3ccccc3)c3ccccc3)N=NN=N2)cc1. The molecule has 1 aromatic heterocycles. The van der Waals surface area contributed by atoms with E-state index in [4.69, 9.17) is 15.0 Å². The van der Waals surface area contributed by atoms with Gasteiger partial charge in [-0.25, -0.2) is 9.78 Å². The summed E-state index contributed by atoms with van der Waals surface area (Å²) in [7, 11) is 0. The molecule has 266 valence electrons. The summed E-state index contributed by atoms with van der Waals surface area (Å²) in [5.74, 6) is -0.371. The number of aliphatic hydroxyl groups excluding tert-OH is 1. The molecule has 6 aromatic rings. The molecule has 53 heavy (non-hydrogen) atoms. The fourth-order valence-corrected chi connectivity index (χ4v) is 7.45. The minimum atomic E-state index is -1.44. The molecule has 10 nitrogen and oxygen atoms in total. The van der Waals surface area contributed by atoms with Crippen LogP contribution in [0.4, 0.5) is 0 Å². The van der Waals surface area contributed by atoms with Crippen LogP contribution in [0.5, 0.6) is 0 Å². The minimum Gasteiger partial charge on any atom is -0.461 e. The summed E-state index contributed by atoms with van der Waals surface area (Å²) in [5, 5.41) is 39.5. The number of esters is 1. The van der Waals surface area contributed by atoms with E-state index in [-0.39, 0.29) is 30.4 Å². The molecule has 5 aromatic carbocycles. The second-order valence-corrected chi connectivity index (χ2v) is 13.4. The highest BCUT2D eigenvalue weighted by Gasteiger charge is 2.60. The van der Waals surface area contributed by atoms with Crippen molar-refractivity contribution in [2.45, 2.75) is 50.6 Å². The first-order valence-electron chi connectivity index (χ1n) is 17.5. The van der Waals surface area contributed by atoms with Gasteiger partial charge in [-0.1, -0.05) is 140 Å². The Kier molecular flexibility index (Phi) is 9.66. The molecule has 0 spiro atoms. The molecule has 0 atom stereocenters. The highest BCUT2D eigenvalue weighted by Crippen LogP contribution is 2.58. The Labute approximate surface area is 308 Å². The molecule has 2 heterocycles. The van der Waals surface area contributed by atoms with Gasteiger partial charge in [-0.2, -0.15) is 0 Å². The lowest BCUT2D eigenvalue weighted by molar-refractivity contribution is 0.0469. The molecule has 0 saturated heterocycles. The molecule has 7 rings (SSSR count). The zero-order valence-corrected chi connectivity index (χ0v) is 29.8. The largest absolute Gasteiger partial charge is 0.461 e. The van der Waals surface area contributed by atoms with Gasteiger partial charge in [0.1, 0.15) is 23.7 Å². The molecule has 1 aliphatic rings. The van der Waals surface area contributed by atoms with Crippen LogP contribution in [-0.2, 0) is 34.6 Å². The quantitative estimate of drug-likeness (QED) is 0.0973. The first kappa shape index (κ1) is 35.3. The molecule has 2 N–H and O–H groups in total. The fourth-order valence-electron chi connectivity index (χ4n) is 7.45. The van der Waals surface area contributed by atoms with Crippen molar-refractivity contribution in [1.82, 2.24) is 9.55 Å². The number of aliphatic hydroxyl groups is 2. The number of benzene rings is 5. The smallest absolute Gasteiger partial charge is 0.357 e. The van der Waals surface area contributed by atoms with E-state index >= 15 is 0 Å². The van der Waals surface area contributed by atoms with E-state index in [9.17, 15) is 15.0 Å². The zero-order chi connectivity index (χ0) is 37.1. The average molecular weight is 705 g/mol. The standard InChI is InChI=1S/C43H40N6O4/c1-4-53-40(51)38-39(41(2,3)52)44-37(29-50)49(38)28-30-24-26-31(27-25-30)35-22-14-15-23-36(35)43(45-47-48-46-43)42(32-16-8-5-9-17-32,33-18-10-6-11-19-33)34-20-12-7-13-21-34/h5-27,50,52H,4,28-29H2,1-3H3. The maximum absolute atomic E-state index is 13.2. The van der Waals surface area contributed by atoms with Crippen LogP contribution in [0.3, 0.4) is 0 Å². The predicted octanol–water partition coefficient (Wildman–Crippen LogP) is 8.52. The lowest BCUT2D eigenvalue weighted by atomic mass is 9.59. The van der Waals surface area contributed by atoms with Crippen LogP contribution < -0.4 is 0 Å². The number of carbonyl (C=O) groups is 1. The van der Waals surface area contributed by atoms with Gasteiger partial charge in [0, 0.05) is 12.1 Å². The van der Waals surface area contributed by atoms with Gasteiger partial charge in [0.05, 0.1) is 12.0 Å². The van der Waals surface area contributed by atoms with Crippen molar-refractivity contribution in [3.05, 3.63) is 185 Å². The van der Waals surface area contributed by atoms with Crippen molar-refractivity contribution in [2.75, 3.05) is 6.61 Å². The predicted molar refractivity (Wildman–Crippen MR) is 201 cm³/mol. The van der Waals surface area contributed by atoms with Gasteiger partial charge >= 0.3 is 5.97 Å². The topological polar surface area (TPSA) is 134 Å². The molecule has 0 bridgehead atoms. The van der Waals surface area contributed by atoms with Gasteiger partial charge in [0.25, 0.3) is 0 Å². The number of nitrogens with zero attached hydrogens (tertiary/aromatic N) is 6. The second-order valence-electron chi connectivity index (χ2n) is 13.4. The Bertz CT molecular complexity index is 2150. The third kappa shape index (κ3) is 6.15. The summed E-state index contributed by atoms with van der Waals surface area (Å²) in [6.07, 6.45) is 0. The first-order valence-corrected chi connectivity index (χ1v) is 17.5. The van der Waals surface area contributed by atoms with E-state index in [0.29, 0.717) is 0 Å². The van der Waals surface area contributed by atoms with Gasteiger partial charge in [-0.15, -0.1) is 10.2 Å². The Balaban J connectivity index is 1.38. The van der Waals surface area contributed by atoms with Crippen molar-refractivity contribution in [1.29, 1.82) is 0 Å². The highest BCUT2D eigenvalue weighted by molar-refractivity contribution is 5.89. The molecule has 10 heteroatoms. The summed E-state index contributed by atoms with van der Waals surface area (Å²) in [6.45, 7) is 4.75. The van der Waals surface area contributed by atoms with Crippen molar-refractivity contribution < 1.29 is 19.7 Å². The van der Waals surface area contributed by atoms with Crippen LogP contribution in [0.25, 0.3) is 11.1 Å². The van der Waals surface area contributed by atoms with E-state index in [1.807, 2.05) is 97.1 Å². The number of aromatic nitrogens is 2. The molecule has 0 amide bonds. The molecular weight excluding hydrogens is 665 g/mol. The summed E-state index contributed by atoms with van der Waals surface area (Å²) < 4.78 is 6.95. The Hall–Kier alpha value is -6.10. The van der Waals surface area contributed by atoms with E-state index in [0.717, 1.165) is 38.9 Å². The molecule has 0 fully saturated rings. The van der Waals surface area contributed by atoms with Crippen LogP contribution in [0.1, 0.15) is 70.6 Å². The maximum atomic E-state index is 13.2. The van der Waals surface area contributed by atoms with Crippen LogP contribution in [0.2, 0.25) is 0 Å². The van der Waals surface area contributed by atoms with E-state index in [1.165, 1.54) is 0 Å². The number of ether oxygens (including phenoxy) is 1. The number of hydrogen-bond donors (Lipinski definition) is 2. The third-order valence-electron chi connectivity index (χ3n) is 9.71. The summed E-state index contributed by atoms with van der Waals surface area (Å²) in [5.41, 5.74) is 2.86. The van der Waals surface area contributed by atoms with Crippen molar-refractivity contribution in [3.63, 3.8) is 0 Å². The monoisotopic (exact) mass is 704 g/mol. The molecular formula is C43H40N6O4. The van der Waals surface area contributed by atoms with Crippen molar-refractivity contribution >= 4 is 5.97 Å². The van der Waals surface area contributed by atoms with Gasteiger partial charge < -0.3 is 19.5 Å². The molecule has 1 aliphatic heterocycles. The van der Waals surface area contributed by atoms with Crippen LogP contribution in [0.15, 0.2) is 160 Å². The first-order chi connectivity index (χ1) is 25.7. The summed E-state index contributed by atoms with van der Waals surface area (Å²) >= 11 is 0. The Morgan fingerprint density at radius 2 is 1.25 bits per heavy atom. The van der Waals surface area contributed by atoms with Gasteiger partial charge in [-0.3, -0.25) is 0 Å². The number of hydrogen-bond acceptors (Lipinski definition) is 9. The molecule has 0 saturated carbocycles. The zero-order valence-electron chi connectivity index (χ0n) is 29.8. The highest BCUT2D eigenvalue weighted by atomic mass is 16.5. The Morgan fingerprint density at radius 1 is 0.736 bits per heavy atom. The Morgan fingerprint density at radius 3 is 1.74 bits per heavy atom. The van der Waals surface area contributed by atoms with Crippen molar-refractivity contribution in [3.8, 4) is 11.1 Å². The third-order valence-corrected chi connectivity index (χ3v) is 9.71. The van der Waals surface area contributed by atoms with Crippen molar-refractivity contribution in [2.24, 2.45) is 20.7 Å². The van der Waals surface area contributed by atoms with E-state index in [2.05, 4.69) is 57.9 Å². The molecule has 0 unspecified atom stereocenters. The van der Waals surface area contributed by atoms with Crippen LogP contribution >= 0.6 is 0 Å². The number of imidazole rings is 1. The van der Waals surface area contributed by atoms with Gasteiger partial charge in [-0.05, 0) is 64.6 Å². The second kappa shape index (κ2) is 14.5. The lowest BCUT2D eigenvalue weighted by Crippen LogP contribution is -2.48. The summed E-state index contributed by atoms with van der Waals surface area (Å²) in [6, 6.07) is 46.8. The summed E-state index contributed by atoms with van der Waals surface area (Å²) in [4.78, 5) is 17.6. The molecule has 0 radical (unpaired) electrons. The van der Waals surface area contributed by atoms with Crippen LogP contribution in [0, 0.1) is 0 Å². The van der Waals surface area contributed by atoms with Gasteiger partial charge in [0.15, 0.2) is 5.69 Å². The molecule has 0 aliphatic carbocycles. The lowest BCUT2D eigenvalue weighted by Gasteiger charge is -2.45. The number of carbonyl (C=O) groups excluding carboxylic acids is 1. The van der Waals surface area contributed by atoms with Crippen LogP contribution in [-0.4, -0.2) is 32.3 Å². The average Bonchev–Trinajstić information content (AvgIpc) is 3.84. The minimum absolute atomic E-state index is 0.107. The van der Waals surface area contributed by atoms with Gasteiger partial charge in [0.2, 0.25) is 5.66 Å². The normalized spacial score (nSPS) is 13.7. The number of rotatable bonds is 12. The van der Waals surface area contributed by atoms with E-state index in [1.54, 1.807) is 25.3 Å². The van der Waals surface area contributed by atoms with E-state index < -0.39 is 29.3 Å². The fraction of sp³-hybridized carbons (Fsp3) is 0.209. The maximum Gasteiger partial charge on any atom is 0.357 e.